The number of nitrogens with one attached hydrogen (secondary N) is 1. The van der Waals surface area contributed by atoms with Crippen molar-refractivity contribution in [3.63, 3.8) is 0 Å². The Kier molecular flexibility index (Phi) is 4.93. The van der Waals surface area contributed by atoms with Gasteiger partial charge in [0, 0.05) is 6.92 Å². The van der Waals surface area contributed by atoms with Gasteiger partial charge in [-0.3, -0.25) is 9.59 Å². The number of aldehydes is 2. The number of ether oxygens (including phenoxy) is 1. The van der Waals surface area contributed by atoms with Crippen LogP contribution in [0.25, 0.3) is 0 Å². The Morgan fingerprint density at radius 1 is 1.64 bits per heavy atom. The molecule has 5 heteroatoms. The lowest BCUT2D eigenvalue weighted by atomic mass is 10.5. The molecule has 1 atom stereocenters. The van der Waals surface area contributed by atoms with Crippen LogP contribution in [0.5, 0.6) is 0 Å². The Hall–Kier alpha value is -1.23. The number of amides is 1. The molecule has 0 saturated carbocycles. The zero-order valence-corrected chi connectivity index (χ0v) is 6.07. The highest BCUT2D eigenvalue weighted by molar-refractivity contribution is 5.76. The molecule has 1 N–H and O–H groups in total. The van der Waals surface area contributed by atoms with Crippen molar-refractivity contribution in [2.45, 2.75) is 13.2 Å². The first-order valence-electron chi connectivity index (χ1n) is 2.98. The van der Waals surface area contributed by atoms with E-state index in [4.69, 9.17) is 0 Å². The van der Waals surface area contributed by atoms with Crippen LogP contribution >= 0.6 is 0 Å². The lowest BCUT2D eigenvalue weighted by molar-refractivity contribution is -0.132. The Balaban J connectivity index is 3.65. The molecule has 0 aromatic rings. The molecule has 62 valence electrons. The summed E-state index contributed by atoms with van der Waals surface area (Å²) in [4.78, 5) is 30.2. The second-order valence-electron chi connectivity index (χ2n) is 1.76. The molecule has 0 radical (unpaired) electrons. The van der Waals surface area contributed by atoms with Crippen molar-refractivity contribution >= 4 is 18.5 Å². The van der Waals surface area contributed by atoms with E-state index in [0.717, 1.165) is 0 Å². The van der Waals surface area contributed by atoms with Gasteiger partial charge in [-0.25, -0.2) is 0 Å². The topological polar surface area (TPSA) is 72.5 Å². The molecule has 0 aliphatic carbocycles. The molecule has 0 fully saturated rings. The Bertz CT molecular complexity index is 157. The number of hydrogen-bond donors (Lipinski definition) is 1. The van der Waals surface area contributed by atoms with Crippen LogP contribution in [0.3, 0.4) is 0 Å². The molecule has 5 nitrogen and oxygen atoms in total. The van der Waals surface area contributed by atoms with Gasteiger partial charge in [-0.2, -0.15) is 0 Å². The van der Waals surface area contributed by atoms with Gasteiger partial charge in [0.25, 0.3) is 0 Å². The highest BCUT2D eigenvalue weighted by atomic mass is 16.5. The fourth-order valence-corrected chi connectivity index (χ4v) is 0.458. The van der Waals surface area contributed by atoms with Crippen LogP contribution in [0, 0.1) is 0 Å². The van der Waals surface area contributed by atoms with Crippen LogP contribution < -0.4 is 5.32 Å². The third kappa shape index (κ3) is 5.23. The number of carbonyl (C=O) groups excluding carboxylic acids is 3. The zero-order chi connectivity index (χ0) is 8.69. The molecule has 0 aromatic carbocycles. The molecule has 0 bridgehead atoms. The van der Waals surface area contributed by atoms with Crippen molar-refractivity contribution in [2.24, 2.45) is 0 Å². The molecule has 0 aliphatic heterocycles. The molecular weight excluding hydrogens is 150 g/mol. The highest BCUT2D eigenvalue weighted by Gasteiger charge is 2.06. The maximum Gasteiger partial charge on any atom is 0.219 e. The van der Waals surface area contributed by atoms with Crippen LogP contribution in [0.1, 0.15) is 6.92 Å². The predicted molar refractivity (Wildman–Crippen MR) is 35.7 cm³/mol. The maximum absolute atomic E-state index is 10.3. The van der Waals surface area contributed by atoms with E-state index in [-0.39, 0.29) is 12.5 Å². The van der Waals surface area contributed by atoms with Crippen molar-refractivity contribution in [3.05, 3.63) is 0 Å². The van der Waals surface area contributed by atoms with Gasteiger partial charge in [0.15, 0.2) is 12.5 Å². The summed E-state index contributed by atoms with van der Waals surface area (Å²) in [5.41, 5.74) is 0. The minimum Gasteiger partial charge on any atom is -0.344 e. The van der Waals surface area contributed by atoms with Crippen molar-refractivity contribution in [2.75, 3.05) is 6.61 Å². The van der Waals surface area contributed by atoms with E-state index in [2.05, 4.69) is 10.1 Å². The van der Waals surface area contributed by atoms with Crippen LogP contribution in [-0.4, -0.2) is 31.3 Å². The Morgan fingerprint density at radius 3 is 2.64 bits per heavy atom. The average molecular weight is 159 g/mol. The van der Waals surface area contributed by atoms with Crippen molar-refractivity contribution in [3.8, 4) is 0 Å². The number of hydrogen-bond acceptors (Lipinski definition) is 4. The largest absolute Gasteiger partial charge is 0.344 e. The van der Waals surface area contributed by atoms with E-state index in [0.29, 0.717) is 12.6 Å². The van der Waals surface area contributed by atoms with Crippen molar-refractivity contribution in [1.29, 1.82) is 0 Å². The van der Waals surface area contributed by atoms with Gasteiger partial charge in [-0.1, -0.05) is 0 Å². The summed E-state index contributed by atoms with van der Waals surface area (Å²) in [7, 11) is 0. The Morgan fingerprint density at radius 2 is 2.27 bits per heavy atom. The second-order valence-corrected chi connectivity index (χ2v) is 1.76. The molecule has 0 spiro atoms. The minimum absolute atomic E-state index is 0.205. The standard InChI is InChI=1S/C6H9NO4/c1-5(10)7-6(4-9)11-3-2-8/h2,4,6H,3H2,1H3,(H,7,10)/t6-/m1/s1. The van der Waals surface area contributed by atoms with E-state index in [1.54, 1.807) is 0 Å². The summed E-state index contributed by atoms with van der Waals surface area (Å²) in [6.45, 7) is 1.05. The van der Waals surface area contributed by atoms with Crippen molar-refractivity contribution in [1.82, 2.24) is 5.32 Å². The van der Waals surface area contributed by atoms with E-state index in [1.807, 2.05) is 0 Å². The van der Waals surface area contributed by atoms with Gasteiger partial charge in [0.1, 0.15) is 12.9 Å². The smallest absolute Gasteiger partial charge is 0.219 e. The summed E-state index contributed by atoms with van der Waals surface area (Å²) in [6.07, 6.45) is -0.110. The van der Waals surface area contributed by atoms with Gasteiger partial charge in [0.05, 0.1) is 0 Å². The molecule has 0 saturated heterocycles. The normalized spacial score (nSPS) is 11.7. The molecular formula is C6H9NO4. The molecule has 11 heavy (non-hydrogen) atoms. The molecule has 0 unspecified atom stereocenters. The molecule has 0 aliphatic rings. The average Bonchev–Trinajstić information content (AvgIpc) is 1.97. The predicted octanol–water partition coefficient (Wildman–Crippen LogP) is -1.14. The van der Waals surface area contributed by atoms with Crippen LogP contribution in [0.2, 0.25) is 0 Å². The Labute approximate surface area is 63.7 Å². The molecule has 0 heterocycles. The summed E-state index contributed by atoms with van der Waals surface area (Å²) in [5.74, 6) is -0.381. The zero-order valence-electron chi connectivity index (χ0n) is 6.07. The lowest BCUT2D eigenvalue weighted by Gasteiger charge is -2.09. The SMILES string of the molecule is CC(=O)N[C@@H](C=O)OCC=O. The minimum atomic E-state index is -1.02. The van der Waals surface area contributed by atoms with E-state index >= 15 is 0 Å². The fraction of sp³-hybridized carbons (Fsp3) is 0.500. The monoisotopic (exact) mass is 159 g/mol. The fourth-order valence-electron chi connectivity index (χ4n) is 0.458. The van der Waals surface area contributed by atoms with E-state index in [9.17, 15) is 14.4 Å². The first-order chi connectivity index (χ1) is 5.20. The van der Waals surface area contributed by atoms with E-state index < -0.39 is 6.23 Å². The quantitative estimate of drug-likeness (QED) is 0.406. The van der Waals surface area contributed by atoms with Crippen LogP contribution in [0.4, 0.5) is 0 Å². The summed E-state index contributed by atoms with van der Waals surface area (Å²) in [6, 6.07) is 0. The van der Waals surface area contributed by atoms with E-state index in [1.165, 1.54) is 6.92 Å². The molecule has 0 rings (SSSR count). The maximum atomic E-state index is 10.3. The molecule has 1 amide bonds. The number of carbonyl (C=O) groups is 3. The van der Waals surface area contributed by atoms with Crippen LogP contribution in [-0.2, 0) is 19.1 Å². The highest BCUT2D eigenvalue weighted by Crippen LogP contribution is 1.80. The van der Waals surface area contributed by atoms with Crippen LogP contribution in [0.15, 0.2) is 0 Å². The van der Waals surface area contributed by atoms with Gasteiger partial charge >= 0.3 is 0 Å². The first kappa shape index (κ1) is 9.77. The first-order valence-corrected chi connectivity index (χ1v) is 2.98. The molecule has 0 aromatic heterocycles. The summed E-state index contributed by atoms with van der Waals surface area (Å²) < 4.78 is 4.58. The second kappa shape index (κ2) is 5.55. The van der Waals surface area contributed by atoms with Gasteiger partial charge in [-0.05, 0) is 0 Å². The van der Waals surface area contributed by atoms with Gasteiger partial charge in [-0.15, -0.1) is 0 Å². The third-order valence-corrected chi connectivity index (χ3v) is 0.813. The summed E-state index contributed by atoms with van der Waals surface area (Å²) >= 11 is 0. The van der Waals surface area contributed by atoms with Crippen molar-refractivity contribution < 1.29 is 19.1 Å². The van der Waals surface area contributed by atoms with Gasteiger partial charge in [0.2, 0.25) is 5.91 Å². The number of rotatable bonds is 5. The third-order valence-electron chi connectivity index (χ3n) is 0.813. The summed E-state index contributed by atoms with van der Waals surface area (Å²) in [5, 5.41) is 2.18. The van der Waals surface area contributed by atoms with Gasteiger partial charge < -0.3 is 14.8 Å². The lowest BCUT2D eigenvalue weighted by Crippen LogP contribution is -2.36.